The molecule has 0 saturated carbocycles. The molecule has 0 spiro atoms. The molecule has 0 unspecified atom stereocenters. The van der Waals surface area contributed by atoms with Crippen molar-refractivity contribution in [1.29, 1.82) is 0 Å². The Kier molecular flexibility index (Phi) is 4.68. The molecular formula is C16H18BrN3O3. The number of nitrogens with one attached hydrogen (secondary N) is 2. The Morgan fingerprint density at radius 2 is 1.91 bits per heavy atom. The summed E-state index contributed by atoms with van der Waals surface area (Å²) < 4.78 is 6.25. The summed E-state index contributed by atoms with van der Waals surface area (Å²) in [4.78, 5) is 26.6. The minimum absolute atomic E-state index is 0.0637. The van der Waals surface area contributed by atoms with Gasteiger partial charge in [0.2, 0.25) is 0 Å². The number of rotatable bonds is 2. The van der Waals surface area contributed by atoms with Gasteiger partial charge in [0.1, 0.15) is 0 Å². The number of amides is 3. The van der Waals surface area contributed by atoms with Crippen molar-refractivity contribution in [3.05, 3.63) is 45.6 Å². The maximum Gasteiger partial charge on any atom is 0.319 e. The fourth-order valence-electron chi connectivity index (χ4n) is 2.82. The van der Waals surface area contributed by atoms with Gasteiger partial charge in [-0.2, -0.15) is 0 Å². The summed E-state index contributed by atoms with van der Waals surface area (Å²) in [5.41, 5.74) is 2.05. The van der Waals surface area contributed by atoms with Crippen molar-refractivity contribution in [2.24, 2.45) is 0 Å². The number of benzene rings is 1. The van der Waals surface area contributed by atoms with Crippen LogP contribution in [0.1, 0.15) is 18.5 Å². The fraction of sp³-hybridized carbons (Fsp3) is 0.375. The summed E-state index contributed by atoms with van der Waals surface area (Å²) in [6.07, 6.45) is 0. The third kappa shape index (κ3) is 3.40. The summed E-state index contributed by atoms with van der Waals surface area (Å²) in [5.74, 6) is -0.0637. The summed E-state index contributed by atoms with van der Waals surface area (Å²) >= 11 is 3.40. The molecular weight excluding hydrogens is 362 g/mol. The third-order valence-corrected chi connectivity index (χ3v) is 4.53. The van der Waals surface area contributed by atoms with E-state index < -0.39 is 6.04 Å². The van der Waals surface area contributed by atoms with E-state index in [4.69, 9.17) is 4.74 Å². The van der Waals surface area contributed by atoms with Crippen LogP contribution in [0.15, 0.2) is 40.0 Å². The molecule has 122 valence electrons. The first-order valence-electron chi connectivity index (χ1n) is 7.47. The van der Waals surface area contributed by atoms with E-state index in [-0.39, 0.29) is 11.9 Å². The van der Waals surface area contributed by atoms with Gasteiger partial charge in [-0.25, -0.2) is 4.79 Å². The average Bonchev–Trinajstić information content (AvgIpc) is 2.55. The van der Waals surface area contributed by atoms with E-state index in [1.807, 2.05) is 24.3 Å². The maximum absolute atomic E-state index is 12.9. The van der Waals surface area contributed by atoms with Crippen LogP contribution in [0.3, 0.4) is 0 Å². The quantitative estimate of drug-likeness (QED) is 0.824. The summed E-state index contributed by atoms with van der Waals surface area (Å²) in [5, 5.41) is 5.55. The second kappa shape index (κ2) is 6.72. The van der Waals surface area contributed by atoms with Gasteiger partial charge in [-0.15, -0.1) is 0 Å². The number of nitrogens with zero attached hydrogens (tertiary/aromatic N) is 1. The zero-order valence-corrected chi connectivity index (χ0v) is 14.4. The molecule has 0 aromatic heterocycles. The molecule has 3 amide bonds. The number of ether oxygens (including phenoxy) is 1. The minimum atomic E-state index is -0.452. The van der Waals surface area contributed by atoms with Crippen LogP contribution in [0.25, 0.3) is 0 Å². The van der Waals surface area contributed by atoms with E-state index >= 15 is 0 Å². The summed E-state index contributed by atoms with van der Waals surface area (Å²) in [7, 11) is 0. The second-order valence-electron chi connectivity index (χ2n) is 5.53. The van der Waals surface area contributed by atoms with Crippen LogP contribution in [0.2, 0.25) is 0 Å². The SMILES string of the molecule is CC1=C(C(=O)N2CCOCC2)[C@@H](c2ccc(Br)cc2)NC(=O)N1. The number of carbonyl (C=O) groups is 2. The van der Waals surface area contributed by atoms with Crippen LogP contribution in [0, 0.1) is 0 Å². The predicted octanol–water partition coefficient (Wildman–Crippen LogP) is 1.94. The largest absolute Gasteiger partial charge is 0.378 e. The van der Waals surface area contributed by atoms with Crippen LogP contribution in [-0.2, 0) is 9.53 Å². The molecule has 6 nitrogen and oxygen atoms in total. The first kappa shape index (κ1) is 16.0. The zero-order chi connectivity index (χ0) is 16.4. The standard InChI is InChI=1S/C16H18BrN3O3/c1-10-13(15(21)20-6-8-23-9-7-20)14(19-16(22)18-10)11-2-4-12(17)5-3-11/h2-5,14H,6-9H2,1H3,(H2,18,19,22)/t14-/m1/s1. The molecule has 0 radical (unpaired) electrons. The van der Waals surface area contributed by atoms with Gasteiger partial charge < -0.3 is 20.3 Å². The lowest BCUT2D eigenvalue weighted by molar-refractivity contribution is -0.131. The highest BCUT2D eigenvalue weighted by Crippen LogP contribution is 2.29. The summed E-state index contributed by atoms with van der Waals surface area (Å²) in [6, 6.07) is 6.85. The molecule has 1 aromatic carbocycles. The number of hydrogen-bond acceptors (Lipinski definition) is 3. The van der Waals surface area contributed by atoms with Crippen LogP contribution in [0.5, 0.6) is 0 Å². The highest BCUT2D eigenvalue weighted by atomic mass is 79.9. The first-order chi connectivity index (χ1) is 11.1. The van der Waals surface area contributed by atoms with Gasteiger partial charge in [0.25, 0.3) is 5.91 Å². The second-order valence-corrected chi connectivity index (χ2v) is 6.44. The van der Waals surface area contributed by atoms with Crippen molar-refractivity contribution in [2.75, 3.05) is 26.3 Å². The summed E-state index contributed by atoms with van der Waals surface area (Å²) in [6.45, 7) is 3.98. The number of halogens is 1. The lowest BCUT2D eigenvalue weighted by Gasteiger charge is -2.34. The van der Waals surface area contributed by atoms with Gasteiger partial charge in [0.05, 0.1) is 24.8 Å². The van der Waals surface area contributed by atoms with E-state index in [1.165, 1.54) is 0 Å². The molecule has 7 heteroatoms. The number of allylic oxidation sites excluding steroid dienone is 1. The van der Waals surface area contributed by atoms with Crippen LogP contribution in [-0.4, -0.2) is 43.1 Å². The monoisotopic (exact) mass is 379 g/mol. The topological polar surface area (TPSA) is 70.7 Å². The Morgan fingerprint density at radius 1 is 1.26 bits per heavy atom. The predicted molar refractivity (Wildman–Crippen MR) is 88.6 cm³/mol. The van der Waals surface area contributed by atoms with Crippen molar-refractivity contribution in [2.45, 2.75) is 13.0 Å². The molecule has 0 aliphatic carbocycles. The van der Waals surface area contributed by atoms with Crippen LogP contribution < -0.4 is 10.6 Å². The van der Waals surface area contributed by atoms with Crippen molar-refractivity contribution in [3.63, 3.8) is 0 Å². The molecule has 3 rings (SSSR count). The fourth-order valence-corrected chi connectivity index (χ4v) is 3.08. The van der Waals surface area contributed by atoms with E-state index in [0.717, 1.165) is 10.0 Å². The van der Waals surface area contributed by atoms with E-state index in [1.54, 1.807) is 11.8 Å². The first-order valence-corrected chi connectivity index (χ1v) is 8.26. The maximum atomic E-state index is 12.9. The van der Waals surface area contributed by atoms with Crippen molar-refractivity contribution in [1.82, 2.24) is 15.5 Å². The number of hydrogen-bond donors (Lipinski definition) is 2. The molecule has 2 heterocycles. The zero-order valence-electron chi connectivity index (χ0n) is 12.8. The number of morpholine rings is 1. The molecule has 1 saturated heterocycles. The lowest BCUT2D eigenvalue weighted by atomic mass is 9.94. The average molecular weight is 380 g/mol. The van der Waals surface area contributed by atoms with E-state index in [9.17, 15) is 9.59 Å². The van der Waals surface area contributed by atoms with E-state index in [2.05, 4.69) is 26.6 Å². The highest BCUT2D eigenvalue weighted by molar-refractivity contribution is 9.10. The van der Waals surface area contributed by atoms with Crippen molar-refractivity contribution in [3.8, 4) is 0 Å². The van der Waals surface area contributed by atoms with Crippen molar-refractivity contribution < 1.29 is 14.3 Å². The van der Waals surface area contributed by atoms with Gasteiger partial charge in [0.15, 0.2) is 0 Å². The molecule has 1 fully saturated rings. The van der Waals surface area contributed by atoms with Gasteiger partial charge in [-0.05, 0) is 24.6 Å². The van der Waals surface area contributed by atoms with Gasteiger partial charge in [0, 0.05) is 23.3 Å². The Morgan fingerprint density at radius 3 is 2.57 bits per heavy atom. The molecule has 0 bridgehead atoms. The van der Waals surface area contributed by atoms with Crippen LogP contribution in [0.4, 0.5) is 4.79 Å². The molecule has 2 aliphatic heterocycles. The molecule has 2 aliphatic rings. The Hall–Kier alpha value is -1.86. The van der Waals surface area contributed by atoms with Gasteiger partial charge >= 0.3 is 6.03 Å². The molecule has 1 atom stereocenters. The number of carbonyl (C=O) groups excluding carboxylic acids is 2. The smallest absolute Gasteiger partial charge is 0.319 e. The highest BCUT2D eigenvalue weighted by Gasteiger charge is 2.33. The van der Waals surface area contributed by atoms with Gasteiger partial charge in [-0.3, -0.25) is 4.79 Å². The Balaban J connectivity index is 1.95. The minimum Gasteiger partial charge on any atom is -0.378 e. The third-order valence-electron chi connectivity index (χ3n) is 4.00. The van der Waals surface area contributed by atoms with E-state index in [0.29, 0.717) is 37.6 Å². The normalized spacial score (nSPS) is 21.7. The Labute approximate surface area is 143 Å². The molecule has 2 N–H and O–H groups in total. The van der Waals surface area contributed by atoms with Crippen LogP contribution >= 0.6 is 15.9 Å². The molecule has 1 aromatic rings. The lowest BCUT2D eigenvalue weighted by Crippen LogP contribution is -2.49. The number of urea groups is 1. The molecule has 23 heavy (non-hydrogen) atoms. The van der Waals surface area contributed by atoms with Gasteiger partial charge in [-0.1, -0.05) is 28.1 Å². The van der Waals surface area contributed by atoms with Crippen molar-refractivity contribution >= 4 is 27.9 Å². The Bertz CT molecular complexity index is 651.